The molecule has 0 spiro atoms. The number of rotatable bonds is 6. The van der Waals surface area contributed by atoms with Crippen LogP contribution in [0.5, 0.6) is 0 Å². The molecule has 2 N–H and O–H groups in total. The third-order valence-electron chi connectivity index (χ3n) is 4.05. The predicted octanol–water partition coefficient (Wildman–Crippen LogP) is 2.58. The van der Waals surface area contributed by atoms with Gasteiger partial charge < -0.3 is 10.4 Å². The molecule has 1 aliphatic rings. The molecule has 0 aromatic heterocycles. The summed E-state index contributed by atoms with van der Waals surface area (Å²) in [5.74, 6) is -0.439. The van der Waals surface area contributed by atoms with Crippen LogP contribution in [-0.2, 0) is 10.2 Å². The number of carbonyl (C=O) groups is 1. The van der Waals surface area contributed by atoms with Crippen LogP contribution in [0, 0.1) is 18.8 Å². The molecule has 2 unspecified atom stereocenters. The van der Waals surface area contributed by atoms with Crippen molar-refractivity contribution in [2.75, 3.05) is 13.1 Å². The Bertz CT molecular complexity index is 450. The summed E-state index contributed by atoms with van der Waals surface area (Å²) in [4.78, 5) is 10.8. The maximum absolute atomic E-state index is 10.8. The van der Waals surface area contributed by atoms with Crippen molar-refractivity contribution in [3.63, 3.8) is 0 Å². The molecule has 104 valence electrons. The molecule has 1 fully saturated rings. The van der Waals surface area contributed by atoms with Gasteiger partial charge in [0, 0.05) is 12.0 Å². The first-order valence-corrected chi connectivity index (χ1v) is 6.91. The predicted molar refractivity (Wildman–Crippen MR) is 76.3 cm³/mol. The van der Waals surface area contributed by atoms with E-state index in [9.17, 15) is 4.79 Å². The number of carboxylic acid groups (broad SMARTS) is 1. The van der Waals surface area contributed by atoms with Gasteiger partial charge >= 0.3 is 5.97 Å². The van der Waals surface area contributed by atoms with E-state index in [1.54, 1.807) is 0 Å². The second-order valence-corrected chi connectivity index (χ2v) is 6.32. The molecular formula is C16H23NO2. The first-order chi connectivity index (χ1) is 8.90. The zero-order chi connectivity index (χ0) is 14.0. The Morgan fingerprint density at radius 1 is 1.37 bits per heavy atom. The fourth-order valence-electron chi connectivity index (χ4n) is 2.45. The van der Waals surface area contributed by atoms with Crippen LogP contribution in [0.3, 0.4) is 0 Å². The minimum atomic E-state index is -0.649. The monoisotopic (exact) mass is 261 g/mol. The summed E-state index contributed by atoms with van der Waals surface area (Å²) < 4.78 is 0. The summed E-state index contributed by atoms with van der Waals surface area (Å²) in [7, 11) is 0. The highest BCUT2D eigenvalue weighted by Crippen LogP contribution is 2.38. The Morgan fingerprint density at radius 3 is 2.53 bits per heavy atom. The van der Waals surface area contributed by atoms with Crippen molar-refractivity contribution >= 4 is 5.97 Å². The van der Waals surface area contributed by atoms with E-state index in [-0.39, 0.29) is 11.3 Å². The smallest absolute Gasteiger partial charge is 0.306 e. The summed E-state index contributed by atoms with van der Waals surface area (Å²) in [5, 5.41) is 12.3. The third-order valence-corrected chi connectivity index (χ3v) is 4.05. The van der Waals surface area contributed by atoms with Gasteiger partial charge in [0.05, 0.1) is 5.92 Å². The van der Waals surface area contributed by atoms with Gasteiger partial charge in [-0.25, -0.2) is 0 Å². The van der Waals surface area contributed by atoms with Crippen LogP contribution in [0.4, 0.5) is 0 Å². The van der Waals surface area contributed by atoms with Gasteiger partial charge in [-0.1, -0.05) is 43.7 Å². The maximum atomic E-state index is 10.8. The molecule has 0 radical (unpaired) electrons. The van der Waals surface area contributed by atoms with E-state index in [4.69, 9.17) is 5.11 Å². The van der Waals surface area contributed by atoms with Gasteiger partial charge in [-0.15, -0.1) is 0 Å². The molecule has 0 heterocycles. The fraction of sp³-hybridized carbons (Fsp3) is 0.562. The fourth-order valence-corrected chi connectivity index (χ4v) is 2.45. The lowest BCUT2D eigenvalue weighted by atomic mass is 9.84. The first-order valence-electron chi connectivity index (χ1n) is 6.91. The van der Waals surface area contributed by atoms with Crippen molar-refractivity contribution in [1.82, 2.24) is 5.32 Å². The van der Waals surface area contributed by atoms with E-state index in [1.807, 2.05) is 0 Å². The standard InChI is InChI=1S/C16H23NO2/c1-11-4-6-13(7-5-11)16(2,3)10-17-9-12-8-14(12)15(18)19/h4-7,12,14,17H,8-10H2,1-3H3,(H,18,19). The number of nitrogens with one attached hydrogen (secondary N) is 1. The highest BCUT2D eigenvalue weighted by Gasteiger charge is 2.42. The van der Waals surface area contributed by atoms with E-state index < -0.39 is 5.97 Å². The number of hydrogen-bond donors (Lipinski definition) is 2. The van der Waals surface area contributed by atoms with Crippen molar-refractivity contribution in [1.29, 1.82) is 0 Å². The van der Waals surface area contributed by atoms with Gasteiger partial charge in [-0.2, -0.15) is 0 Å². The Hall–Kier alpha value is -1.35. The Labute approximate surface area is 115 Å². The number of benzene rings is 1. The molecule has 2 atom stereocenters. The average molecular weight is 261 g/mol. The number of aliphatic carboxylic acids is 1. The average Bonchev–Trinajstić information content (AvgIpc) is 3.09. The van der Waals surface area contributed by atoms with Crippen LogP contribution in [0.2, 0.25) is 0 Å². The van der Waals surface area contributed by atoms with Crippen molar-refractivity contribution in [2.45, 2.75) is 32.6 Å². The molecule has 0 saturated heterocycles. The first kappa shape index (κ1) is 14.1. The van der Waals surface area contributed by atoms with Crippen LogP contribution in [0.1, 0.15) is 31.4 Å². The molecule has 3 heteroatoms. The van der Waals surface area contributed by atoms with Gasteiger partial charge in [-0.05, 0) is 31.4 Å². The SMILES string of the molecule is Cc1ccc(C(C)(C)CNCC2CC2C(=O)O)cc1. The summed E-state index contributed by atoms with van der Waals surface area (Å²) in [6, 6.07) is 8.62. The van der Waals surface area contributed by atoms with Crippen LogP contribution in [-0.4, -0.2) is 24.2 Å². The van der Waals surface area contributed by atoms with Gasteiger partial charge in [0.2, 0.25) is 0 Å². The van der Waals surface area contributed by atoms with Crippen molar-refractivity contribution in [2.24, 2.45) is 11.8 Å². The quantitative estimate of drug-likeness (QED) is 0.827. The van der Waals surface area contributed by atoms with Gasteiger partial charge in [0.1, 0.15) is 0 Å². The maximum Gasteiger partial charge on any atom is 0.306 e. The molecule has 1 saturated carbocycles. The summed E-state index contributed by atoms with van der Waals surface area (Å²) >= 11 is 0. The Kier molecular flexibility index (Phi) is 3.95. The summed E-state index contributed by atoms with van der Waals surface area (Å²) in [5.41, 5.74) is 2.66. The van der Waals surface area contributed by atoms with Gasteiger partial charge in [0.25, 0.3) is 0 Å². The van der Waals surface area contributed by atoms with E-state index in [0.29, 0.717) is 5.92 Å². The molecule has 0 bridgehead atoms. The van der Waals surface area contributed by atoms with E-state index in [1.165, 1.54) is 11.1 Å². The molecule has 0 aliphatic heterocycles. The van der Waals surface area contributed by atoms with Gasteiger partial charge in [0.15, 0.2) is 0 Å². The lowest BCUT2D eigenvalue weighted by molar-refractivity contribution is -0.138. The van der Waals surface area contributed by atoms with Crippen molar-refractivity contribution in [3.8, 4) is 0 Å². The summed E-state index contributed by atoms with van der Waals surface area (Å²) in [6.45, 7) is 8.21. The molecule has 3 nitrogen and oxygen atoms in total. The highest BCUT2D eigenvalue weighted by molar-refractivity contribution is 5.73. The van der Waals surface area contributed by atoms with Crippen LogP contribution in [0.25, 0.3) is 0 Å². The highest BCUT2D eigenvalue weighted by atomic mass is 16.4. The Morgan fingerprint density at radius 2 is 2.00 bits per heavy atom. The molecule has 1 aromatic rings. The number of carboxylic acids is 1. The van der Waals surface area contributed by atoms with Crippen LogP contribution in [0.15, 0.2) is 24.3 Å². The zero-order valence-electron chi connectivity index (χ0n) is 11.9. The molecule has 19 heavy (non-hydrogen) atoms. The van der Waals surface area contributed by atoms with Crippen molar-refractivity contribution in [3.05, 3.63) is 35.4 Å². The summed E-state index contributed by atoms with van der Waals surface area (Å²) in [6.07, 6.45) is 0.827. The third kappa shape index (κ3) is 3.57. The second kappa shape index (κ2) is 5.33. The lowest BCUT2D eigenvalue weighted by Crippen LogP contribution is -2.34. The normalized spacial score (nSPS) is 22.3. The second-order valence-electron chi connectivity index (χ2n) is 6.32. The largest absolute Gasteiger partial charge is 0.481 e. The lowest BCUT2D eigenvalue weighted by Gasteiger charge is -2.26. The van der Waals surface area contributed by atoms with Crippen molar-refractivity contribution < 1.29 is 9.90 Å². The topological polar surface area (TPSA) is 49.3 Å². The Balaban J connectivity index is 1.81. The minimum absolute atomic E-state index is 0.0707. The van der Waals surface area contributed by atoms with E-state index in [0.717, 1.165) is 19.5 Å². The molecule has 2 rings (SSSR count). The molecule has 0 amide bonds. The number of hydrogen-bond acceptors (Lipinski definition) is 2. The van der Waals surface area contributed by atoms with Gasteiger partial charge in [-0.3, -0.25) is 4.79 Å². The van der Waals surface area contributed by atoms with E-state index >= 15 is 0 Å². The van der Waals surface area contributed by atoms with E-state index in [2.05, 4.69) is 50.4 Å². The van der Waals surface area contributed by atoms with Crippen LogP contribution < -0.4 is 5.32 Å². The van der Waals surface area contributed by atoms with Crippen LogP contribution >= 0.6 is 0 Å². The molecule has 1 aliphatic carbocycles. The zero-order valence-corrected chi connectivity index (χ0v) is 11.9. The number of aryl methyl sites for hydroxylation is 1. The molecule has 1 aromatic carbocycles. The molecular weight excluding hydrogens is 238 g/mol. The minimum Gasteiger partial charge on any atom is -0.481 e.